The van der Waals surface area contributed by atoms with Gasteiger partial charge in [0.2, 0.25) is 5.91 Å². The van der Waals surface area contributed by atoms with Gasteiger partial charge in [-0.1, -0.05) is 6.58 Å². The third-order valence-corrected chi connectivity index (χ3v) is 3.97. The maximum absolute atomic E-state index is 13.4. The standard InChI is InChI=1S/C19H18F3N5O/c1-4-27-10-15(18(26-27)19(20,21)22)16-8-14(7-11(2)24-16)13-5-6-23-17(9-13)25-12(3)28/h5-10,24H,2,4H2,1,3H3,(H,23,25,28). The number of aromatic nitrogens is 3. The molecule has 0 radical (unpaired) electrons. The molecule has 2 N–H and O–H groups in total. The number of hydrogen-bond acceptors (Lipinski definition) is 4. The average molecular weight is 389 g/mol. The molecule has 9 heteroatoms. The average Bonchev–Trinajstić information content (AvgIpc) is 3.06. The normalized spacial score (nSPS) is 14.2. The van der Waals surface area contributed by atoms with Gasteiger partial charge in [0.25, 0.3) is 0 Å². The fraction of sp³-hybridized carbons (Fsp3) is 0.211. The lowest BCUT2D eigenvalue weighted by atomic mass is 9.99. The summed E-state index contributed by atoms with van der Waals surface area (Å²) in [5.41, 5.74) is 0.962. The fourth-order valence-electron chi connectivity index (χ4n) is 2.79. The highest BCUT2D eigenvalue weighted by atomic mass is 19.4. The van der Waals surface area contributed by atoms with Crippen molar-refractivity contribution in [1.29, 1.82) is 0 Å². The van der Waals surface area contributed by atoms with Crippen LogP contribution in [0.2, 0.25) is 0 Å². The van der Waals surface area contributed by atoms with Gasteiger partial charge in [-0.05, 0) is 42.3 Å². The van der Waals surface area contributed by atoms with Crippen LogP contribution in [0.1, 0.15) is 30.7 Å². The fourth-order valence-corrected chi connectivity index (χ4v) is 2.79. The summed E-state index contributed by atoms with van der Waals surface area (Å²) in [7, 11) is 0. The number of amides is 1. The van der Waals surface area contributed by atoms with Crippen molar-refractivity contribution in [1.82, 2.24) is 20.1 Å². The molecule has 28 heavy (non-hydrogen) atoms. The number of allylic oxidation sites excluding steroid dienone is 3. The van der Waals surface area contributed by atoms with Crippen LogP contribution in [0.4, 0.5) is 19.0 Å². The van der Waals surface area contributed by atoms with E-state index in [-0.39, 0.29) is 17.2 Å². The smallest absolute Gasteiger partial charge is 0.355 e. The lowest BCUT2D eigenvalue weighted by molar-refractivity contribution is -0.141. The van der Waals surface area contributed by atoms with E-state index in [4.69, 9.17) is 0 Å². The number of carbonyl (C=O) groups is 1. The largest absolute Gasteiger partial charge is 0.435 e. The molecule has 1 aliphatic heterocycles. The van der Waals surface area contributed by atoms with Crippen molar-refractivity contribution in [2.45, 2.75) is 26.6 Å². The Bertz CT molecular complexity index is 1000. The molecule has 0 atom stereocenters. The van der Waals surface area contributed by atoms with Gasteiger partial charge in [0, 0.05) is 37.1 Å². The lowest BCUT2D eigenvalue weighted by Crippen LogP contribution is -2.17. The summed E-state index contributed by atoms with van der Waals surface area (Å²) in [4.78, 5) is 15.3. The van der Waals surface area contributed by atoms with Gasteiger partial charge >= 0.3 is 6.18 Å². The number of pyridine rings is 1. The zero-order valence-corrected chi connectivity index (χ0v) is 15.3. The van der Waals surface area contributed by atoms with Gasteiger partial charge in [-0.15, -0.1) is 0 Å². The van der Waals surface area contributed by atoms with Gasteiger partial charge in [0.05, 0.1) is 5.70 Å². The molecular formula is C19H18F3N5O. The van der Waals surface area contributed by atoms with Crippen LogP contribution in [0, 0.1) is 0 Å². The Morgan fingerprint density at radius 3 is 2.75 bits per heavy atom. The molecule has 0 aliphatic carbocycles. The predicted molar refractivity (Wildman–Crippen MR) is 99.7 cm³/mol. The summed E-state index contributed by atoms with van der Waals surface area (Å²) < 4.78 is 41.5. The summed E-state index contributed by atoms with van der Waals surface area (Å²) in [6, 6.07) is 3.34. The van der Waals surface area contributed by atoms with Crippen LogP contribution in [0.15, 0.2) is 49.0 Å². The molecular weight excluding hydrogens is 371 g/mol. The SMILES string of the molecule is C=C1C=C(c2ccnc(NC(C)=O)c2)C=C(c2cn(CC)nc2C(F)(F)F)N1. The number of anilines is 1. The van der Waals surface area contributed by atoms with Crippen LogP contribution in [0.3, 0.4) is 0 Å². The van der Waals surface area contributed by atoms with E-state index in [2.05, 4.69) is 27.3 Å². The molecule has 2 aromatic rings. The number of nitrogens with one attached hydrogen (secondary N) is 2. The molecule has 1 amide bonds. The Balaban J connectivity index is 2.05. The Hall–Kier alpha value is -3.36. The number of carbonyl (C=O) groups excluding carboxylic acids is 1. The second kappa shape index (κ2) is 7.34. The van der Waals surface area contributed by atoms with Crippen LogP contribution < -0.4 is 10.6 Å². The first kappa shape index (κ1) is 19.4. The summed E-state index contributed by atoms with van der Waals surface area (Å²) in [6.45, 7) is 7.22. The van der Waals surface area contributed by atoms with Gasteiger partial charge in [-0.2, -0.15) is 18.3 Å². The molecule has 0 fully saturated rings. The van der Waals surface area contributed by atoms with Crippen LogP contribution >= 0.6 is 0 Å². The van der Waals surface area contributed by atoms with Gasteiger partial charge < -0.3 is 10.6 Å². The first-order valence-electron chi connectivity index (χ1n) is 8.45. The molecule has 3 heterocycles. The van der Waals surface area contributed by atoms with E-state index in [1.54, 1.807) is 31.2 Å². The molecule has 0 bridgehead atoms. The number of rotatable bonds is 4. The Kier molecular flexibility index (Phi) is 5.08. The maximum Gasteiger partial charge on any atom is 0.435 e. The third-order valence-electron chi connectivity index (χ3n) is 3.97. The molecule has 0 saturated heterocycles. The minimum absolute atomic E-state index is 0.0581. The first-order chi connectivity index (χ1) is 13.2. The molecule has 0 saturated carbocycles. The van der Waals surface area contributed by atoms with Crippen molar-refractivity contribution < 1.29 is 18.0 Å². The van der Waals surface area contributed by atoms with Gasteiger partial charge in [0.15, 0.2) is 5.69 Å². The van der Waals surface area contributed by atoms with Crippen molar-refractivity contribution in [3.63, 3.8) is 0 Å². The topological polar surface area (TPSA) is 71.8 Å². The van der Waals surface area contributed by atoms with E-state index in [0.717, 1.165) is 0 Å². The first-order valence-corrected chi connectivity index (χ1v) is 8.45. The van der Waals surface area contributed by atoms with Crippen molar-refractivity contribution in [2.75, 3.05) is 5.32 Å². The zero-order valence-electron chi connectivity index (χ0n) is 15.3. The van der Waals surface area contributed by atoms with Crippen molar-refractivity contribution >= 4 is 23.0 Å². The number of halogens is 3. The highest BCUT2D eigenvalue weighted by Crippen LogP contribution is 2.36. The van der Waals surface area contributed by atoms with Crippen LogP contribution in [-0.4, -0.2) is 20.7 Å². The van der Waals surface area contributed by atoms with Crippen molar-refractivity contribution in [3.05, 3.63) is 65.8 Å². The summed E-state index contributed by atoms with van der Waals surface area (Å²) >= 11 is 0. The Labute approximate surface area is 159 Å². The zero-order chi connectivity index (χ0) is 20.5. The van der Waals surface area contributed by atoms with Crippen LogP contribution in [0.25, 0.3) is 11.3 Å². The van der Waals surface area contributed by atoms with E-state index in [1.807, 2.05) is 0 Å². The predicted octanol–water partition coefficient (Wildman–Crippen LogP) is 3.82. The second-order valence-electron chi connectivity index (χ2n) is 6.16. The van der Waals surface area contributed by atoms with Gasteiger partial charge in [-0.25, -0.2) is 4.98 Å². The number of alkyl halides is 3. The van der Waals surface area contributed by atoms with E-state index >= 15 is 0 Å². The third kappa shape index (κ3) is 4.13. The number of nitrogens with zero attached hydrogens (tertiary/aromatic N) is 3. The summed E-state index contributed by atoms with van der Waals surface area (Å²) in [6.07, 6.45) is 1.57. The molecule has 146 valence electrons. The van der Waals surface area contributed by atoms with Gasteiger partial charge in [-0.3, -0.25) is 9.48 Å². The Morgan fingerprint density at radius 1 is 1.36 bits per heavy atom. The molecule has 6 nitrogen and oxygen atoms in total. The summed E-state index contributed by atoms with van der Waals surface area (Å²) in [5, 5.41) is 9.11. The van der Waals surface area contributed by atoms with E-state index in [0.29, 0.717) is 29.2 Å². The quantitative estimate of drug-likeness (QED) is 0.834. The Morgan fingerprint density at radius 2 is 2.11 bits per heavy atom. The highest BCUT2D eigenvalue weighted by molar-refractivity contribution is 5.91. The second-order valence-corrected chi connectivity index (χ2v) is 6.16. The van der Waals surface area contributed by atoms with E-state index < -0.39 is 11.9 Å². The number of aryl methyl sites for hydroxylation is 1. The van der Waals surface area contributed by atoms with Crippen LogP contribution in [-0.2, 0) is 17.5 Å². The molecule has 0 spiro atoms. The molecule has 0 unspecified atom stereocenters. The van der Waals surface area contributed by atoms with Gasteiger partial charge in [0.1, 0.15) is 5.82 Å². The molecule has 0 aromatic carbocycles. The lowest BCUT2D eigenvalue weighted by Gasteiger charge is -2.19. The monoisotopic (exact) mass is 389 g/mol. The van der Waals surface area contributed by atoms with Crippen LogP contribution in [0.5, 0.6) is 0 Å². The van der Waals surface area contributed by atoms with Crippen molar-refractivity contribution in [3.8, 4) is 0 Å². The highest BCUT2D eigenvalue weighted by Gasteiger charge is 2.38. The van der Waals surface area contributed by atoms with E-state index in [9.17, 15) is 18.0 Å². The maximum atomic E-state index is 13.4. The van der Waals surface area contributed by atoms with E-state index in [1.165, 1.54) is 24.0 Å². The molecule has 2 aromatic heterocycles. The minimum atomic E-state index is -4.59. The minimum Gasteiger partial charge on any atom is -0.355 e. The number of dihydropyridines is 1. The molecule has 3 rings (SSSR count). The van der Waals surface area contributed by atoms with Crippen molar-refractivity contribution in [2.24, 2.45) is 0 Å². The summed E-state index contributed by atoms with van der Waals surface area (Å²) in [5.74, 6) is 0.0751. The number of hydrogen-bond donors (Lipinski definition) is 2. The molecule has 1 aliphatic rings.